The Bertz CT molecular complexity index is 1060. The Balaban J connectivity index is 1.44. The van der Waals surface area contributed by atoms with Gasteiger partial charge in [0, 0.05) is 17.6 Å². The van der Waals surface area contributed by atoms with E-state index in [9.17, 15) is 9.59 Å². The first kappa shape index (κ1) is 20.0. The van der Waals surface area contributed by atoms with E-state index in [-0.39, 0.29) is 24.8 Å². The number of likely N-dealkylation sites (N-methyl/N-ethyl adjacent to an activating group) is 1. The number of nitrogens with zero attached hydrogens (tertiary/aromatic N) is 2. The molecule has 30 heavy (non-hydrogen) atoms. The molecular weight excluding hydrogens is 404 g/mol. The molecule has 1 aromatic heterocycles. The minimum absolute atomic E-state index is 0.0551. The largest absolute Gasteiger partial charge is 0.491 e. The van der Waals surface area contributed by atoms with E-state index >= 15 is 0 Å². The smallest absolute Gasteiger partial charge is 0.242 e. The Morgan fingerprint density at radius 2 is 1.87 bits per heavy atom. The normalized spacial score (nSPS) is 13.4. The Morgan fingerprint density at radius 3 is 2.67 bits per heavy atom. The van der Waals surface area contributed by atoms with Gasteiger partial charge in [-0.3, -0.25) is 14.5 Å². The number of para-hydroxylation sites is 2. The third kappa shape index (κ3) is 4.33. The summed E-state index contributed by atoms with van der Waals surface area (Å²) in [6.07, 6.45) is 0.230. The van der Waals surface area contributed by atoms with Crippen LogP contribution in [0.1, 0.15) is 12.2 Å². The summed E-state index contributed by atoms with van der Waals surface area (Å²) in [4.78, 5) is 28.4. The molecule has 0 fully saturated rings. The number of halogens is 1. The first-order valence-electron chi connectivity index (χ1n) is 9.62. The second-order valence-corrected chi connectivity index (χ2v) is 7.51. The minimum Gasteiger partial charge on any atom is -0.491 e. The van der Waals surface area contributed by atoms with Crippen molar-refractivity contribution in [2.75, 3.05) is 25.1 Å². The van der Waals surface area contributed by atoms with E-state index in [0.29, 0.717) is 41.1 Å². The van der Waals surface area contributed by atoms with Crippen LogP contribution in [0.25, 0.3) is 11.3 Å². The molecule has 7 heteroatoms. The SMILES string of the molecule is CN(Cc1ccc(-c2ccc(Cl)cc2)o1)C(=O)CN1C(=O)CCOc2ccccc21. The van der Waals surface area contributed by atoms with Crippen molar-refractivity contribution in [3.8, 4) is 17.1 Å². The molecule has 0 bridgehead atoms. The molecule has 0 unspecified atom stereocenters. The Kier molecular flexibility index (Phi) is 5.77. The predicted molar refractivity (Wildman–Crippen MR) is 115 cm³/mol. The second-order valence-electron chi connectivity index (χ2n) is 7.07. The summed E-state index contributed by atoms with van der Waals surface area (Å²) in [6, 6.07) is 18.3. The quantitative estimate of drug-likeness (QED) is 0.610. The fourth-order valence-electron chi connectivity index (χ4n) is 3.30. The standard InChI is InChI=1S/C23H21ClN2O4/c1-25(14-18-10-11-20(30-18)16-6-8-17(24)9-7-16)23(28)15-26-19-4-2-3-5-21(19)29-13-12-22(26)27/h2-11H,12-15H2,1H3. The van der Waals surface area contributed by atoms with E-state index < -0.39 is 0 Å². The minimum atomic E-state index is -0.190. The highest BCUT2D eigenvalue weighted by molar-refractivity contribution is 6.30. The molecular formula is C23H21ClN2O4. The van der Waals surface area contributed by atoms with E-state index in [2.05, 4.69) is 0 Å². The Labute approximate surface area is 179 Å². The maximum absolute atomic E-state index is 12.8. The number of benzene rings is 2. The van der Waals surface area contributed by atoms with Crippen LogP contribution in [0.5, 0.6) is 5.75 Å². The number of fused-ring (bicyclic) bond motifs is 1. The molecule has 0 saturated carbocycles. The first-order valence-corrected chi connectivity index (χ1v) is 10.00. The molecule has 0 N–H and O–H groups in total. The first-order chi connectivity index (χ1) is 14.5. The van der Waals surface area contributed by atoms with Crippen molar-refractivity contribution in [1.29, 1.82) is 0 Å². The van der Waals surface area contributed by atoms with Gasteiger partial charge in [0.1, 0.15) is 23.8 Å². The highest BCUT2D eigenvalue weighted by Crippen LogP contribution is 2.31. The van der Waals surface area contributed by atoms with Crippen LogP contribution in [-0.2, 0) is 16.1 Å². The molecule has 1 aliphatic rings. The summed E-state index contributed by atoms with van der Waals surface area (Å²) in [6.45, 7) is 0.545. The van der Waals surface area contributed by atoms with E-state index in [0.717, 1.165) is 5.56 Å². The molecule has 0 spiro atoms. The molecule has 2 heterocycles. The number of hydrogen-bond acceptors (Lipinski definition) is 4. The zero-order valence-electron chi connectivity index (χ0n) is 16.5. The Hall–Kier alpha value is -3.25. The van der Waals surface area contributed by atoms with Gasteiger partial charge in [0.05, 0.1) is 25.3 Å². The topological polar surface area (TPSA) is 63.0 Å². The molecule has 0 radical (unpaired) electrons. The number of rotatable bonds is 5. The van der Waals surface area contributed by atoms with Crippen LogP contribution in [0.15, 0.2) is 65.1 Å². The highest BCUT2D eigenvalue weighted by Gasteiger charge is 2.26. The van der Waals surface area contributed by atoms with E-state index in [1.165, 1.54) is 4.90 Å². The van der Waals surface area contributed by atoms with Crippen LogP contribution >= 0.6 is 11.6 Å². The van der Waals surface area contributed by atoms with Crippen molar-refractivity contribution >= 4 is 29.1 Å². The van der Waals surface area contributed by atoms with Gasteiger partial charge < -0.3 is 14.1 Å². The average Bonchev–Trinajstić information content (AvgIpc) is 3.14. The van der Waals surface area contributed by atoms with Gasteiger partial charge in [-0.1, -0.05) is 23.7 Å². The fraction of sp³-hybridized carbons (Fsp3) is 0.217. The summed E-state index contributed by atoms with van der Waals surface area (Å²) in [5.74, 6) is 1.64. The number of ether oxygens (including phenoxy) is 1. The molecule has 2 amide bonds. The summed E-state index contributed by atoms with van der Waals surface area (Å²) in [7, 11) is 1.69. The predicted octanol–water partition coefficient (Wildman–Crippen LogP) is 4.37. The molecule has 0 atom stereocenters. The average molecular weight is 425 g/mol. The summed E-state index contributed by atoms with van der Waals surface area (Å²) >= 11 is 5.93. The van der Waals surface area contributed by atoms with Crippen LogP contribution < -0.4 is 9.64 Å². The highest BCUT2D eigenvalue weighted by atomic mass is 35.5. The van der Waals surface area contributed by atoms with Gasteiger partial charge in [-0.2, -0.15) is 0 Å². The lowest BCUT2D eigenvalue weighted by Gasteiger charge is -2.24. The number of hydrogen-bond donors (Lipinski definition) is 0. The lowest BCUT2D eigenvalue weighted by Crippen LogP contribution is -2.41. The lowest BCUT2D eigenvalue weighted by atomic mass is 10.2. The maximum atomic E-state index is 12.8. The molecule has 4 rings (SSSR count). The van der Waals surface area contributed by atoms with Crippen molar-refractivity contribution in [3.63, 3.8) is 0 Å². The van der Waals surface area contributed by atoms with Crippen LogP contribution in [0, 0.1) is 0 Å². The third-order valence-electron chi connectivity index (χ3n) is 4.93. The molecule has 3 aromatic rings. The summed E-state index contributed by atoms with van der Waals surface area (Å²) in [5.41, 5.74) is 1.52. The fourth-order valence-corrected chi connectivity index (χ4v) is 3.43. The number of carbonyl (C=O) groups is 2. The maximum Gasteiger partial charge on any atom is 0.242 e. The number of anilines is 1. The van der Waals surface area contributed by atoms with Crippen molar-refractivity contribution in [2.45, 2.75) is 13.0 Å². The van der Waals surface area contributed by atoms with E-state index in [4.69, 9.17) is 20.8 Å². The van der Waals surface area contributed by atoms with E-state index in [1.807, 2.05) is 36.4 Å². The summed E-state index contributed by atoms with van der Waals surface area (Å²) in [5, 5.41) is 0.658. The van der Waals surface area contributed by atoms with Gasteiger partial charge >= 0.3 is 0 Å². The van der Waals surface area contributed by atoms with Gasteiger partial charge in [-0.05, 0) is 48.5 Å². The van der Waals surface area contributed by atoms with Crippen molar-refractivity contribution in [3.05, 3.63) is 71.4 Å². The number of carbonyl (C=O) groups excluding carboxylic acids is 2. The van der Waals surface area contributed by atoms with E-state index in [1.54, 1.807) is 36.2 Å². The Morgan fingerprint density at radius 1 is 1.10 bits per heavy atom. The number of amides is 2. The molecule has 0 aliphatic carbocycles. The van der Waals surface area contributed by atoms with Crippen LogP contribution in [0.3, 0.4) is 0 Å². The monoisotopic (exact) mass is 424 g/mol. The zero-order valence-corrected chi connectivity index (χ0v) is 17.3. The number of furan rings is 1. The lowest BCUT2D eigenvalue weighted by molar-refractivity contribution is -0.131. The molecule has 154 valence electrons. The van der Waals surface area contributed by atoms with Crippen molar-refractivity contribution in [2.24, 2.45) is 0 Å². The van der Waals surface area contributed by atoms with Crippen LogP contribution in [-0.4, -0.2) is 36.9 Å². The van der Waals surface area contributed by atoms with Gasteiger partial charge in [-0.25, -0.2) is 0 Å². The summed E-state index contributed by atoms with van der Waals surface area (Å²) < 4.78 is 11.5. The van der Waals surface area contributed by atoms with Gasteiger partial charge in [0.25, 0.3) is 0 Å². The zero-order chi connectivity index (χ0) is 21.1. The third-order valence-corrected chi connectivity index (χ3v) is 5.19. The molecule has 6 nitrogen and oxygen atoms in total. The van der Waals surface area contributed by atoms with Crippen LogP contribution in [0.4, 0.5) is 5.69 Å². The van der Waals surface area contributed by atoms with Crippen molar-refractivity contribution in [1.82, 2.24) is 4.90 Å². The van der Waals surface area contributed by atoms with Crippen molar-refractivity contribution < 1.29 is 18.7 Å². The molecule has 0 saturated heterocycles. The van der Waals surface area contributed by atoms with Gasteiger partial charge in [0.2, 0.25) is 11.8 Å². The van der Waals surface area contributed by atoms with Gasteiger partial charge in [-0.15, -0.1) is 0 Å². The van der Waals surface area contributed by atoms with Gasteiger partial charge in [0.15, 0.2) is 0 Å². The second kappa shape index (κ2) is 8.63. The molecule has 2 aromatic carbocycles. The molecule has 1 aliphatic heterocycles. The van der Waals surface area contributed by atoms with Crippen LogP contribution in [0.2, 0.25) is 5.02 Å².